The highest BCUT2D eigenvalue weighted by molar-refractivity contribution is 6.46. The van der Waals surface area contributed by atoms with E-state index < -0.39 is 30.4 Å². The summed E-state index contributed by atoms with van der Waals surface area (Å²) in [4.78, 5) is 27.9. The third-order valence-electron chi connectivity index (χ3n) is 11.2. The second-order valence-electron chi connectivity index (χ2n) is 14.7. The fraction of sp³-hybridized carbons (Fsp3) is 0.929. The first kappa shape index (κ1) is 25.8. The second kappa shape index (κ2) is 9.16. The molecular weight excluding hydrogens is 485 g/mol. The van der Waals surface area contributed by atoms with E-state index in [1.165, 1.54) is 12.8 Å². The first-order valence-electron chi connectivity index (χ1n) is 15.2. The third kappa shape index (κ3) is 4.93. The van der Waals surface area contributed by atoms with E-state index in [0.29, 0.717) is 36.5 Å². The van der Waals surface area contributed by atoms with Crippen LogP contribution in [0.3, 0.4) is 0 Å². The first-order chi connectivity index (χ1) is 18.1. The van der Waals surface area contributed by atoms with Crippen molar-refractivity contribution in [2.24, 2.45) is 23.7 Å². The summed E-state index contributed by atoms with van der Waals surface area (Å²) < 4.78 is 11.5. The van der Waals surface area contributed by atoms with E-state index in [-0.39, 0.29) is 24.2 Å². The Morgan fingerprint density at radius 3 is 1.47 bits per heavy atom. The third-order valence-corrected chi connectivity index (χ3v) is 11.2. The average molecular weight is 529 g/mol. The van der Waals surface area contributed by atoms with Crippen LogP contribution in [0.4, 0.5) is 0 Å². The van der Waals surface area contributed by atoms with Gasteiger partial charge in [-0.3, -0.25) is 14.4 Å². The van der Waals surface area contributed by atoms with Crippen LogP contribution in [-0.2, 0) is 18.9 Å². The number of hydrogen-bond donors (Lipinski definition) is 4. The fourth-order valence-corrected chi connectivity index (χ4v) is 10.8. The molecule has 0 aromatic rings. The molecule has 4 N–H and O–H groups in total. The summed E-state index contributed by atoms with van der Waals surface area (Å²) in [6.07, 6.45) is 13.3. The summed E-state index contributed by atoms with van der Waals surface area (Å²) in [5, 5.41) is 29.0. The topological polar surface area (TPSA) is 120 Å². The van der Waals surface area contributed by atoms with Crippen LogP contribution in [0, 0.1) is 23.7 Å². The number of aliphatic hydroxyl groups is 2. The predicted octanol–water partition coefficient (Wildman–Crippen LogP) is 1.50. The quantitative estimate of drug-likeness (QED) is 0.330. The summed E-state index contributed by atoms with van der Waals surface area (Å²) in [6, 6.07) is 0. The van der Waals surface area contributed by atoms with Gasteiger partial charge in [0.15, 0.2) is 0 Å². The number of nitrogens with zero attached hydrogens (tertiary/aromatic N) is 1. The van der Waals surface area contributed by atoms with Gasteiger partial charge in [0.1, 0.15) is 0 Å². The molecule has 9 aliphatic rings. The molecule has 38 heavy (non-hydrogen) atoms. The van der Waals surface area contributed by atoms with Crippen molar-refractivity contribution in [3.63, 3.8) is 0 Å². The lowest BCUT2D eigenvalue weighted by Crippen LogP contribution is -2.65. The molecular formula is C28H44BN3O6. The smallest absolute Gasteiger partial charge is 0.484 e. The van der Waals surface area contributed by atoms with Crippen LogP contribution in [-0.4, -0.2) is 82.7 Å². The van der Waals surface area contributed by atoms with Crippen LogP contribution in [0.1, 0.15) is 89.9 Å². The van der Waals surface area contributed by atoms with Crippen molar-refractivity contribution < 1.29 is 29.1 Å². The lowest BCUT2D eigenvalue weighted by molar-refractivity contribution is -0.152. The number of nitrogens with one attached hydrogen (secondary N) is 2. The Labute approximate surface area is 225 Å². The maximum Gasteiger partial charge on any atom is 0.705 e. The molecule has 1 heterocycles. The van der Waals surface area contributed by atoms with Crippen molar-refractivity contribution in [2.75, 3.05) is 26.2 Å². The van der Waals surface area contributed by atoms with Crippen molar-refractivity contribution in [1.82, 2.24) is 15.4 Å². The second-order valence-corrected chi connectivity index (χ2v) is 14.7. The molecule has 10 heteroatoms. The molecule has 8 aliphatic carbocycles. The SMILES string of the molecule is O=C(CNC12CC3CC(CC(O)(C3)C1)C2)OB(OC(=O)CNC12CC3CC(CC(O)(C3)C1)C2)N1CCCC1. The molecule has 210 valence electrons. The summed E-state index contributed by atoms with van der Waals surface area (Å²) in [5.41, 5.74) is -1.56. The number of hydrogen-bond acceptors (Lipinski definition) is 9. The Kier molecular flexibility index (Phi) is 6.21. The standard InChI is InChI=1S/C28H44BN3O6/c33-23(15-30-25-7-19-5-20(8-25)12-27(35,11-19)17-25)37-29(32-3-1-2-4-32)38-24(34)16-31-26-9-21-6-22(10-26)14-28(36,13-21)18-26/h19-22,30-31,35-36H,1-18H2. The highest BCUT2D eigenvalue weighted by atomic mass is 16.7. The van der Waals surface area contributed by atoms with Gasteiger partial charge in [-0.2, -0.15) is 0 Å². The van der Waals surface area contributed by atoms with Crippen molar-refractivity contribution >= 4 is 19.2 Å². The van der Waals surface area contributed by atoms with Crippen molar-refractivity contribution in [2.45, 2.75) is 112 Å². The zero-order valence-corrected chi connectivity index (χ0v) is 22.6. The first-order valence-corrected chi connectivity index (χ1v) is 15.2. The van der Waals surface area contributed by atoms with Crippen LogP contribution in [0.2, 0.25) is 0 Å². The molecule has 4 unspecified atom stereocenters. The molecule has 9 rings (SSSR count). The van der Waals surface area contributed by atoms with E-state index >= 15 is 0 Å². The van der Waals surface area contributed by atoms with Crippen LogP contribution >= 0.6 is 0 Å². The van der Waals surface area contributed by atoms with E-state index in [2.05, 4.69) is 10.6 Å². The zero-order valence-electron chi connectivity index (χ0n) is 22.6. The van der Waals surface area contributed by atoms with E-state index in [4.69, 9.17) is 9.31 Å². The highest BCUT2D eigenvalue weighted by Crippen LogP contribution is 2.58. The minimum atomic E-state index is -1.01. The van der Waals surface area contributed by atoms with Gasteiger partial charge < -0.3 is 30.2 Å². The van der Waals surface area contributed by atoms with Crippen LogP contribution in [0.25, 0.3) is 0 Å². The maximum atomic E-state index is 13.0. The summed E-state index contributed by atoms with van der Waals surface area (Å²) in [5.74, 6) is 1.29. The Morgan fingerprint density at radius 2 is 1.11 bits per heavy atom. The van der Waals surface area contributed by atoms with E-state index in [1.54, 1.807) is 0 Å². The molecule has 8 bridgehead atoms. The monoisotopic (exact) mass is 529 g/mol. The summed E-state index contributed by atoms with van der Waals surface area (Å²) in [7, 11) is -1.01. The predicted molar refractivity (Wildman–Crippen MR) is 139 cm³/mol. The molecule has 0 spiro atoms. The minimum absolute atomic E-state index is 0.0557. The number of carbonyl (C=O) groups excluding carboxylic acids is 2. The van der Waals surface area contributed by atoms with Crippen LogP contribution in [0.15, 0.2) is 0 Å². The van der Waals surface area contributed by atoms with Gasteiger partial charge in [0.05, 0.1) is 24.3 Å². The fourth-order valence-electron chi connectivity index (χ4n) is 10.8. The van der Waals surface area contributed by atoms with Gasteiger partial charge in [-0.15, -0.1) is 0 Å². The molecule has 0 radical (unpaired) electrons. The van der Waals surface area contributed by atoms with Gasteiger partial charge in [0.25, 0.3) is 0 Å². The van der Waals surface area contributed by atoms with Gasteiger partial charge >= 0.3 is 19.2 Å². The van der Waals surface area contributed by atoms with Crippen LogP contribution < -0.4 is 10.6 Å². The van der Waals surface area contributed by atoms with E-state index in [1.807, 2.05) is 4.81 Å². The molecule has 9 nitrogen and oxygen atoms in total. The Balaban J connectivity index is 0.941. The summed E-state index contributed by atoms with van der Waals surface area (Å²) in [6.45, 7) is 1.57. The molecule has 0 aromatic carbocycles. The molecule has 0 aromatic heterocycles. The van der Waals surface area contributed by atoms with Gasteiger partial charge in [0, 0.05) is 11.1 Å². The van der Waals surface area contributed by atoms with E-state index in [0.717, 1.165) is 77.3 Å². The van der Waals surface area contributed by atoms with Crippen LogP contribution in [0.5, 0.6) is 0 Å². The zero-order chi connectivity index (χ0) is 26.2. The molecule has 1 aliphatic heterocycles. The van der Waals surface area contributed by atoms with Crippen molar-refractivity contribution in [1.29, 1.82) is 0 Å². The Hall–Kier alpha value is -1.20. The van der Waals surface area contributed by atoms with Crippen molar-refractivity contribution in [3.05, 3.63) is 0 Å². The largest absolute Gasteiger partial charge is 0.705 e. The molecule has 1 saturated heterocycles. The molecule has 8 saturated carbocycles. The lowest BCUT2D eigenvalue weighted by atomic mass is 9.51. The van der Waals surface area contributed by atoms with Gasteiger partial charge in [-0.1, -0.05) is 0 Å². The molecule has 4 atom stereocenters. The van der Waals surface area contributed by atoms with Crippen molar-refractivity contribution in [3.8, 4) is 0 Å². The normalized spacial score (nSPS) is 46.5. The van der Waals surface area contributed by atoms with Gasteiger partial charge in [0.2, 0.25) is 0 Å². The van der Waals surface area contributed by atoms with Gasteiger partial charge in [-0.05, 0) is 127 Å². The molecule has 9 fully saturated rings. The molecule has 0 amide bonds. The highest BCUT2D eigenvalue weighted by Gasteiger charge is 2.58. The Bertz CT molecular complexity index is 876. The van der Waals surface area contributed by atoms with E-state index in [9.17, 15) is 19.8 Å². The Morgan fingerprint density at radius 1 is 0.711 bits per heavy atom. The minimum Gasteiger partial charge on any atom is -0.484 e. The summed E-state index contributed by atoms with van der Waals surface area (Å²) >= 11 is 0. The maximum absolute atomic E-state index is 13.0. The lowest BCUT2D eigenvalue weighted by Gasteiger charge is -2.60. The average Bonchev–Trinajstić information content (AvgIpc) is 3.33. The number of carbonyl (C=O) groups is 2. The number of rotatable bonds is 9. The van der Waals surface area contributed by atoms with Gasteiger partial charge in [-0.25, -0.2) is 0 Å².